The molecule has 1 aromatic carbocycles. The van der Waals surface area contributed by atoms with Crippen LogP contribution in [-0.2, 0) is 12.7 Å². The fourth-order valence-corrected chi connectivity index (χ4v) is 1.16. The first-order chi connectivity index (χ1) is 6.45. The zero-order valence-corrected chi connectivity index (χ0v) is 7.65. The van der Waals surface area contributed by atoms with E-state index in [1.165, 1.54) is 0 Å². The van der Waals surface area contributed by atoms with E-state index in [1.807, 2.05) is 0 Å². The van der Waals surface area contributed by atoms with E-state index >= 15 is 0 Å². The van der Waals surface area contributed by atoms with Crippen molar-refractivity contribution in [1.82, 2.24) is 5.48 Å². The first kappa shape index (κ1) is 11.3. The molecule has 0 amide bonds. The first-order valence-corrected chi connectivity index (χ1v) is 4.05. The summed E-state index contributed by atoms with van der Waals surface area (Å²) in [6.07, 6.45) is -4.39. The monoisotopic (exact) mass is 225 g/mol. The number of rotatable bonds is 2. The predicted octanol–water partition coefficient (Wildman–Crippen LogP) is 2.84. The molecule has 78 valence electrons. The Kier molecular flexibility index (Phi) is 3.36. The van der Waals surface area contributed by atoms with Gasteiger partial charge in [0.2, 0.25) is 0 Å². The van der Waals surface area contributed by atoms with E-state index in [0.717, 1.165) is 18.2 Å². The van der Waals surface area contributed by atoms with Crippen LogP contribution >= 0.6 is 11.6 Å². The van der Waals surface area contributed by atoms with Crippen LogP contribution in [0.25, 0.3) is 0 Å². The van der Waals surface area contributed by atoms with Crippen LogP contribution in [0.1, 0.15) is 11.1 Å². The largest absolute Gasteiger partial charge is 0.416 e. The van der Waals surface area contributed by atoms with E-state index in [1.54, 1.807) is 5.48 Å². The van der Waals surface area contributed by atoms with Gasteiger partial charge in [0.25, 0.3) is 0 Å². The lowest BCUT2D eigenvalue weighted by Crippen LogP contribution is -2.10. The van der Waals surface area contributed by atoms with Gasteiger partial charge in [0.15, 0.2) is 0 Å². The summed E-state index contributed by atoms with van der Waals surface area (Å²) in [6.45, 7) is -0.122. The molecule has 0 heterocycles. The zero-order valence-electron chi connectivity index (χ0n) is 6.90. The summed E-state index contributed by atoms with van der Waals surface area (Å²) in [5.41, 5.74) is 1.16. The molecule has 0 unspecified atom stereocenters. The smallest absolute Gasteiger partial charge is 0.316 e. The van der Waals surface area contributed by atoms with Crippen molar-refractivity contribution < 1.29 is 18.4 Å². The second-order valence-electron chi connectivity index (χ2n) is 2.64. The lowest BCUT2D eigenvalue weighted by Gasteiger charge is -2.09. The molecule has 2 nitrogen and oxygen atoms in total. The molecule has 0 fully saturated rings. The summed E-state index contributed by atoms with van der Waals surface area (Å²) in [5.74, 6) is 0. The molecule has 6 heteroatoms. The minimum atomic E-state index is -4.39. The second kappa shape index (κ2) is 4.16. The van der Waals surface area contributed by atoms with Gasteiger partial charge >= 0.3 is 6.18 Å². The fraction of sp³-hybridized carbons (Fsp3) is 0.250. The molecule has 2 N–H and O–H groups in total. The SMILES string of the molecule is ONCc1cc(C(F)(F)F)ccc1Cl. The molecule has 0 aliphatic heterocycles. The highest BCUT2D eigenvalue weighted by Crippen LogP contribution is 2.31. The Morgan fingerprint density at radius 1 is 1.36 bits per heavy atom. The van der Waals surface area contributed by atoms with Crippen molar-refractivity contribution >= 4 is 11.6 Å². The molecular formula is C8H7ClF3NO. The summed E-state index contributed by atoms with van der Waals surface area (Å²) in [4.78, 5) is 0. The summed E-state index contributed by atoms with van der Waals surface area (Å²) < 4.78 is 36.6. The Morgan fingerprint density at radius 3 is 2.50 bits per heavy atom. The van der Waals surface area contributed by atoms with E-state index in [0.29, 0.717) is 0 Å². The molecule has 0 bridgehead atoms. The first-order valence-electron chi connectivity index (χ1n) is 3.67. The molecule has 14 heavy (non-hydrogen) atoms. The van der Waals surface area contributed by atoms with Crippen LogP contribution in [-0.4, -0.2) is 5.21 Å². The predicted molar refractivity (Wildman–Crippen MR) is 45.1 cm³/mol. The highest BCUT2D eigenvalue weighted by molar-refractivity contribution is 6.31. The average molecular weight is 226 g/mol. The minimum Gasteiger partial charge on any atom is -0.316 e. The number of hydrogen-bond acceptors (Lipinski definition) is 2. The van der Waals surface area contributed by atoms with E-state index in [4.69, 9.17) is 16.8 Å². The van der Waals surface area contributed by atoms with E-state index < -0.39 is 11.7 Å². The number of alkyl halides is 3. The lowest BCUT2D eigenvalue weighted by atomic mass is 10.1. The zero-order chi connectivity index (χ0) is 10.8. The third-order valence-electron chi connectivity index (χ3n) is 1.64. The molecule has 0 aliphatic rings. The van der Waals surface area contributed by atoms with Gasteiger partial charge in [0.1, 0.15) is 0 Å². The topological polar surface area (TPSA) is 32.3 Å². The third-order valence-corrected chi connectivity index (χ3v) is 2.01. The van der Waals surface area contributed by atoms with Crippen molar-refractivity contribution in [1.29, 1.82) is 0 Å². The lowest BCUT2D eigenvalue weighted by molar-refractivity contribution is -0.137. The van der Waals surface area contributed by atoms with Crippen LogP contribution in [0.5, 0.6) is 0 Å². The number of nitrogens with one attached hydrogen (secondary N) is 1. The molecule has 0 atom stereocenters. The fourth-order valence-electron chi connectivity index (χ4n) is 0.972. The summed E-state index contributed by atoms with van der Waals surface area (Å²) in [7, 11) is 0. The van der Waals surface area contributed by atoms with Crippen LogP contribution in [0.2, 0.25) is 5.02 Å². The number of hydroxylamine groups is 1. The van der Waals surface area contributed by atoms with Crippen LogP contribution in [0.4, 0.5) is 13.2 Å². The van der Waals surface area contributed by atoms with Crippen molar-refractivity contribution in [2.45, 2.75) is 12.7 Å². The highest BCUT2D eigenvalue weighted by Gasteiger charge is 2.30. The van der Waals surface area contributed by atoms with Crippen LogP contribution in [0, 0.1) is 0 Å². The molecule has 0 spiro atoms. The van der Waals surface area contributed by atoms with Crippen LogP contribution in [0.3, 0.4) is 0 Å². The normalized spacial score (nSPS) is 11.8. The molecular weight excluding hydrogens is 219 g/mol. The molecule has 0 saturated heterocycles. The van der Waals surface area contributed by atoms with Crippen molar-refractivity contribution in [3.05, 3.63) is 34.3 Å². The van der Waals surface area contributed by atoms with Crippen molar-refractivity contribution in [3.8, 4) is 0 Å². The Balaban J connectivity index is 3.06. The van der Waals surface area contributed by atoms with Gasteiger partial charge < -0.3 is 5.21 Å². The second-order valence-corrected chi connectivity index (χ2v) is 3.05. The third kappa shape index (κ3) is 2.60. The Morgan fingerprint density at radius 2 is 2.00 bits per heavy atom. The summed E-state index contributed by atoms with van der Waals surface area (Å²) in [5, 5.41) is 8.53. The van der Waals surface area contributed by atoms with Crippen molar-refractivity contribution in [3.63, 3.8) is 0 Å². The van der Waals surface area contributed by atoms with Gasteiger partial charge in [-0.2, -0.15) is 13.2 Å². The van der Waals surface area contributed by atoms with Gasteiger partial charge in [-0.1, -0.05) is 11.6 Å². The Hall–Kier alpha value is -0.780. The Labute approximate surface area is 83.3 Å². The maximum absolute atomic E-state index is 12.2. The van der Waals surface area contributed by atoms with Gasteiger partial charge in [-0.25, -0.2) is 5.48 Å². The number of hydrogen-bond donors (Lipinski definition) is 2. The number of halogens is 4. The molecule has 1 rings (SSSR count). The minimum absolute atomic E-state index is 0.122. The average Bonchev–Trinajstić information content (AvgIpc) is 2.07. The van der Waals surface area contributed by atoms with Gasteiger partial charge in [0, 0.05) is 11.6 Å². The standard InChI is InChI=1S/C8H7ClF3NO/c9-7-2-1-6(8(10,11)12)3-5(7)4-13-14/h1-3,13-14H,4H2. The van der Waals surface area contributed by atoms with Crippen LogP contribution < -0.4 is 5.48 Å². The van der Waals surface area contributed by atoms with E-state index in [-0.39, 0.29) is 17.1 Å². The summed E-state index contributed by atoms with van der Waals surface area (Å²) in [6, 6.07) is 2.94. The molecule has 0 radical (unpaired) electrons. The van der Waals surface area contributed by atoms with Gasteiger partial charge in [-0.3, -0.25) is 0 Å². The summed E-state index contributed by atoms with van der Waals surface area (Å²) >= 11 is 5.61. The molecule has 1 aromatic rings. The molecule has 0 aromatic heterocycles. The number of benzene rings is 1. The van der Waals surface area contributed by atoms with E-state index in [9.17, 15) is 13.2 Å². The van der Waals surface area contributed by atoms with Gasteiger partial charge in [-0.05, 0) is 23.8 Å². The molecule has 0 aliphatic carbocycles. The van der Waals surface area contributed by atoms with E-state index in [2.05, 4.69) is 0 Å². The van der Waals surface area contributed by atoms with Crippen molar-refractivity contribution in [2.24, 2.45) is 0 Å². The maximum Gasteiger partial charge on any atom is 0.416 e. The van der Waals surface area contributed by atoms with Gasteiger partial charge in [-0.15, -0.1) is 0 Å². The van der Waals surface area contributed by atoms with Crippen LogP contribution in [0.15, 0.2) is 18.2 Å². The molecule has 0 saturated carbocycles. The quantitative estimate of drug-likeness (QED) is 0.759. The Bertz CT molecular complexity index is 327. The van der Waals surface area contributed by atoms with Crippen molar-refractivity contribution in [2.75, 3.05) is 0 Å². The maximum atomic E-state index is 12.2. The highest BCUT2D eigenvalue weighted by atomic mass is 35.5. The van der Waals surface area contributed by atoms with Gasteiger partial charge in [0.05, 0.1) is 5.56 Å².